The van der Waals surface area contributed by atoms with Crippen LogP contribution in [0.4, 0.5) is 11.4 Å². The van der Waals surface area contributed by atoms with E-state index in [1.54, 1.807) is 31.2 Å². The van der Waals surface area contributed by atoms with Crippen molar-refractivity contribution in [3.63, 3.8) is 0 Å². The highest BCUT2D eigenvalue weighted by atomic mass is 16.6. The SMILES string of the molecule is CCCCOc1ccc(NC(=O)c2ccc([N+](=O)[O-])c(C)c2)cc1. The molecular weight excluding hydrogens is 308 g/mol. The lowest BCUT2D eigenvalue weighted by atomic mass is 10.1. The Morgan fingerprint density at radius 3 is 2.50 bits per heavy atom. The van der Waals surface area contributed by atoms with E-state index in [4.69, 9.17) is 4.74 Å². The van der Waals surface area contributed by atoms with Crippen molar-refractivity contribution < 1.29 is 14.5 Å². The number of aryl methyl sites for hydroxylation is 1. The van der Waals surface area contributed by atoms with Crippen molar-refractivity contribution in [1.29, 1.82) is 0 Å². The van der Waals surface area contributed by atoms with E-state index in [1.165, 1.54) is 18.2 Å². The van der Waals surface area contributed by atoms with Crippen molar-refractivity contribution in [3.05, 3.63) is 63.7 Å². The first kappa shape index (κ1) is 17.5. The van der Waals surface area contributed by atoms with E-state index in [1.807, 2.05) is 0 Å². The number of amides is 1. The summed E-state index contributed by atoms with van der Waals surface area (Å²) in [5.74, 6) is 0.445. The largest absolute Gasteiger partial charge is 0.494 e. The van der Waals surface area contributed by atoms with Gasteiger partial charge < -0.3 is 10.1 Å². The number of nitro groups is 1. The van der Waals surface area contributed by atoms with Crippen molar-refractivity contribution in [3.8, 4) is 5.75 Å². The first-order chi connectivity index (χ1) is 11.5. The molecule has 0 bridgehead atoms. The lowest BCUT2D eigenvalue weighted by molar-refractivity contribution is -0.385. The molecule has 2 rings (SSSR count). The van der Waals surface area contributed by atoms with Crippen molar-refractivity contribution in [2.75, 3.05) is 11.9 Å². The second-order valence-electron chi connectivity index (χ2n) is 5.44. The fourth-order valence-corrected chi connectivity index (χ4v) is 2.17. The maximum Gasteiger partial charge on any atom is 0.272 e. The fraction of sp³-hybridized carbons (Fsp3) is 0.278. The summed E-state index contributed by atoms with van der Waals surface area (Å²) < 4.78 is 5.57. The summed E-state index contributed by atoms with van der Waals surface area (Å²) in [5, 5.41) is 13.6. The number of hydrogen-bond acceptors (Lipinski definition) is 4. The van der Waals surface area contributed by atoms with Crippen molar-refractivity contribution in [2.45, 2.75) is 26.7 Å². The lowest BCUT2D eigenvalue weighted by Crippen LogP contribution is -2.12. The van der Waals surface area contributed by atoms with Gasteiger partial charge >= 0.3 is 0 Å². The van der Waals surface area contributed by atoms with Crippen LogP contribution in [0.5, 0.6) is 5.75 Å². The Labute approximate surface area is 140 Å². The molecular formula is C18H20N2O4. The van der Waals surface area contributed by atoms with Gasteiger partial charge in [0.25, 0.3) is 11.6 Å². The number of nitrogens with zero attached hydrogens (tertiary/aromatic N) is 1. The molecule has 0 radical (unpaired) electrons. The minimum absolute atomic E-state index is 0.000121. The Hall–Kier alpha value is -2.89. The molecule has 2 aromatic rings. The zero-order valence-electron chi connectivity index (χ0n) is 13.7. The third-order valence-corrected chi connectivity index (χ3v) is 3.53. The van der Waals surface area contributed by atoms with Gasteiger partial charge in [-0.05, 0) is 49.7 Å². The summed E-state index contributed by atoms with van der Waals surface area (Å²) in [4.78, 5) is 22.6. The number of hydrogen-bond donors (Lipinski definition) is 1. The maximum atomic E-state index is 12.2. The average Bonchev–Trinajstić information content (AvgIpc) is 2.56. The van der Waals surface area contributed by atoms with Crippen molar-refractivity contribution in [2.24, 2.45) is 0 Å². The molecule has 0 atom stereocenters. The number of nitrogens with one attached hydrogen (secondary N) is 1. The van der Waals surface area contributed by atoms with Gasteiger partial charge in [0.1, 0.15) is 5.75 Å². The van der Waals surface area contributed by atoms with Crippen molar-refractivity contribution >= 4 is 17.3 Å². The Balaban J connectivity index is 2.01. The highest BCUT2D eigenvalue weighted by Crippen LogP contribution is 2.20. The van der Waals surface area contributed by atoms with Crippen LogP contribution < -0.4 is 10.1 Å². The van der Waals surface area contributed by atoms with Crippen LogP contribution in [0.2, 0.25) is 0 Å². The Morgan fingerprint density at radius 2 is 1.92 bits per heavy atom. The zero-order chi connectivity index (χ0) is 17.5. The highest BCUT2D eigenvalue weighted by Gasteiger charge is 2.13. The van der Waals surface area contributed by atoms with Crippen LogP contribution in [0.15, 0.2) is 42.5 Å². The highest BCUT2D eigenvalue weighted by molar-refractivity contribution is 6.04. The van der Waals surface area contributed by atoms with Gasteiger partial charge in [0.05, 0.1) is 11.5 Å². The predicted molar refractivity (Wildman–Crippen MR) is 92.6 cm³/mol. The molecule has 0 spiro atoms. The van der Waals surface area contributed by atoms with Crippen LogP contribution in [-0.4, -0.2) is 17.4 Å². The number of anilines is 1. The smallest absolute Gasteiger partial charge is 0.272 e. The molecule has 0 fully saturated rings. The van der Waals surface area contributed by atoms with E-state index < -0.39 is 4.92 Å². The van der Waals surface area contributed by atoms with E-state index in [0.29, 0.717) is 23.4 Å². The van der Waals surface area contributed by atoms with Gasteiger partial charge in [-0.3, -0.25) is 14.9 Å². The fourth-order valence-electron chi connectivity index (χ4n) is 2.17. The number of ether oxygens (including phenoxy) is 1. The molecule has 0 aliphatic heterocycles. The minimum atomic E-state index is -0.464. The Morgan fingerprint density at radius 1 is 1.21 bits per heavy atom. The standard InChI is InChI=1S/C18H20N2O4/c1-3-4-11-24-16-8-6-15(7-9-16)19-18(21)14-5-10-17(20(22)23)13(2)12-14/h5-10,12H,3-4,11H2,1-2H3,(H,19,21). The van der Waals surface area contributed by atoms with Gasteiger partial charge in [-0.15, -0.1) is 0 Å². The van der Waals surface area contributed by atoms with Gasteiger partial charge in [0.2, 0.25) is 0 Å². The normalized spacial score (nSPS) is 10.2. The van der Waals surface area contributed by atoms with Crippen LogP contribution in [0.3, 0.4) is 0 Å². The summed E-state index contributed by atoms with van der Waals surface area (Å²) >= 11 is 0. The molecule has 6 nitrogen and oxygen atoms in total. The second-order valence-corrected chi connectivity index (χ2v) is 5.44. The number of nitro benzene ring substituents is 1. The maximum absolute atomic E-state index is 12.2. The van der Waals surface area contributed by atoms with Crippen LogP contribution in [0.25, 0.3) is 0 Å². The number of benzene rings is 2. The topological polar surface area (TPSA) is 81.5 Å². The average molecular weight is 328 g/mol. The zero-order valence-corrected chi connectivity index (χ0v) is 13.7. The van der Waals surface area contributed by atoms with E-state index in [2.05, 4.69) is 12.2 Å². The molecule has 0 aliphatic carbocycles. The van der Waals surface area contributed by atoms with Crippen LogP contribution in [-0.2, 0) is 0 Å². The van der Waals surface area contributed by atoms with Crippen molar-refractivity contribution in [1.82, 2.24) is 0 Å². The summed E-state index contributed by atoms with van der Waals surface area (Å²) in [5.41, 5.74) is 1.47. The third-order valence-electron chi connectivity index (χ3n) is 3.53. The van der Waals surface area contributed by atoms with E-state index in [0.717, 1.165) is 18.6 Å². The molecule has 6 heteroatoms. The second kappa shape index (κ2) is 8.10. The van der Waals surface area contributed by atoms with Gasteiger partial charge in [-0.1, -0.05) is 13.3 Å². The quantitative estimate of drug-likeness (QED) is 0.466. The van der Waals surface area contributed by atoms with E-state index >= 15 is 0 Å². The number of rotatable bonds is 7. The summed E-state index contributed by atoms with van der Waals surface area (Å²) in [6.07, 6.45) is 2.07. The van der Waals surface area contributed by atoms with Crippen LogP contribution in [0, 0.1) is 17.0 Å². The van der Waals surface area contributed by atoms with Crippen LogP contribution in [0.1, 0.15) is 35.7 Å². The minimum Gasteiger partial charge on any atom is -0.494 e. The molecule has 1 N–H and O–H groups in total. The van der Waals surface area contributed by atoms with E-state index in [9.17, 15) is 14.9 Å². The monoisotopic (exact) mass is 328 g/mol. The first-order valence-corrected chi connectivity index (χ1v) is 7.80. The number of carbonyl (C=O) groups excluding carboxylic acids is 1. The molecule has 0 aliphatic rings. The predicted octanol–water partition coefficient (Wildman–Crippen LogP) is 4.33. The summed E-state index contributed by atoms with van der Waals surface area (Å²) in [7, 11) is 0. The molecule has 2 aromatic carbocycles. The number of carbonyl (C=O) groups is 1. The summed E-state index contributed by atoms with van der Waals surface area (Å²) in [6.45, 7) is 4.38. The molecule has 1 amide bonds. The summed E-state index contributed by atoms with van der Waals surface area (Å²) in [6, 6.07) is 11.4. The Kier molecular flexibility index (Phi) is 5.89. The van der Waals surface area contributed by atoms with Gasteiger partial charge in [-0.2, -0.15) is 0 Å². The van der Waals surface area contributed by atoms with Gasteiger partial charge in [-0.25, -0.2) is 0 Å². The van der Waals surface area contributed by atoms with Crippen LogP contribution >= 0.6 is 0 Å². The molecule has 24 heavy (non-hydrogen) atoms. The lowest BCUT2D eigenvalue weighted by Gasteiger charge is -2.08. The molecule has 0 heterocycles. The number of unbranched alkanes of at least 4 members (excludes halogenated alkanes) is 1. The van der Waals surface area contributed by atoms with Gasteiger partial charge in [0, 0.05) is 22.9 Å². The third kappa shape index (κ3) is 4.55. The molecule has 0 saturated carbocycles. The van der Waals surface area contributed by atoms with E-state index in [-0.39, 0.29) is 11.6 Å². The molecule has 0 unspecified atom stereocenters. The Bertz CT molecular complexity index is 726. The first-order valence-electron chi connectivity index (χ1n) is 7.80. The molecule has 0 aromatic heterocycles. The van der Waals surface area contributed by atoms with Gasteiger partial charge in [0.15, 0.2) is 0 Å². The molecule has 126 valence electrons. The molecule has 0 saturated heterocycles.